The second-order valence-corrected chi connectivity index (χ2v) is 6.85. The van der Waals surface area contributed by atoms with Crippen LogP contribution in [0.15, 0.2) is 65.8 Å². The fraction of sp³-hybridized carbons (Fsp3) is 0.182. The van der Waals surface area contributed by atoms with Crippen LogP contribution in [0.1, 0.15) is 16.1 Å². The lowest BCUT2D eigenvalue weighted by Gasteiger charge is -2.07. The Hall–Kier alpha value is -4.14. The zero-order chi connectivity index (χ0) is 21.6. The van der Waals surface area contributed by atoms with E-state index in [0.29, 0.717) is 24.5 Å². The number of hydrogen-bond acceptors (Lipinski definition) is 7. The summed E-state index contributed by atoms with van der Waals surface area (Å²) in [6.07, 6.45) is 6.30. The van der Waals surface area contributed by atoms with Crippen LogP contribution in [0.4, 0.5) is 11.5 Å². The van der Waals surface area contributed by atoms with Gasteiger partial charge in [-0.1, -0.05) is 23.8 Å². The van der Waals surface area contributed by atoms with Gasteiger partial charge in [0, 0.05) is 30.6 Å². The fourth-order valence-corrected chi connectivity index (χ4v) is 3.07. The van der Waals surface area contributed by atoms with Gasteiger partial charge in [0.15, 0.2) is 17.8 Å². The number of carbonyl (C=O) groups excluding carboxylic acids is 1. The molecule has 3 heterocycles. The molecule has 0 atom stereocenters. The highest BCUT2D eigenvalue weighted by molar-refractivity contribution is 6.06. The Morgan fingerprint density at radius 3 is 2.97 bits per heavy atom. The van der Waals surface area contributed by atoms with Crippen LogP contribution in [0.5, 0.6) is 5.75 Å². The SMILES string of the molecule is COc1ccnc(NCCn2cc(NC(=O)c3ncoc3-c3cccc(C)c3)cn2)c1. The Balaban J connectivity index is 1.36. The molecule has 0 fully saturated rings. The maximum atomic E-state index is 12.7. The van der Waals surface area contributed by atoms with Gasteiger partial charge in [-0.25, -0.2) is 9.97 Å². The third kappa shape index (κ3) is 4.89. The highest BCUT2D eigenvalue weighted by Crippen LogP contribution is 2.24. The average molecular weight is 418 g/mol. The van der Waals surface area contributed by atoms with Gasteiger partial charge in [-0.05, 0) is 19.1 Å². The van der Waals surface area contributed by atoms with Crippen LogP contribution in [-0.4, -0.2) is 39.3 Å². The number of methoxy groups -OCH3 is 1. The minimum absolute atomic E-state index is 0.226. The van der Waals surface area contributed by atoms with Crippen LogP contribution in [0.3, 0.4) is 0 Å². The maximum absolute atomic E-state index is 12.7. The number of nitrogens with one attached hydrogen (secondary N) is 2. The first-order chi connectivity index (χ1) is 15.1. The smallest absolute Gasteiger partial charge is 0.278 e. The second kappa shape index (κ2) is 9.12. The minimum Gasteiger partial charge on any atom is -0.497 e. The van der Waals surface area contributed by atoms with E-state index >= 15 is 0 Å². The lowest BCUT2D eigenvalue weighted by Crippen LogP contribution is -2.13. The summed E-state index contributed by atoms with van der Waals surface area (Å²) in [4.78, 5) is 21.0. The third-order valence-corrected chi connectivity index (χ3v) is 4.57. The van der Waals surface area contributed by atoms with E-state index in [1.807, 2.05) is 37.3 Å². The molecule has 0 aliphatic rings. The van der Waals surface area contributed by atoms with Crippen molar-refractivity contribution in [1.82, 2.24) is 19.7 Å². The van der Waals surface area contributed by atoms with E-state index in [2.05, 4.69) is 25.7 Å². The predicted octanol–water partition coefficient (Wildman–Crippen LogP) is 3.61. The lowest BCUT2D eigenvalue weighted by atomic mass is 10.1. The summed E-state index contributed by atoms with van der Waals surface area (Å²) >= 11 is 0. The zero-order valence-electron chi connectivity index (χ0n) is 17.2. The largest absolute Gasteiger partial charge is 0.497 e. The van der Waals surface area contributed by atoms with Crippen molar-refractivity contribution in [2.75, 3.05) is 24.3 Å². The van der Waals surface area contributed by atoms with Gasteiger partial charge in [0.2, 0.25) is 0 Å². The molecule has 4 rings (SSSR count). The molecule has 31 heavy (non-hydrogen) atoms. The first-order valence-corrected chi connectivity index (χ1v) is 9.70. The maximum Gasteiger partial charge on any atom is 0.278 e. The van der Waals surface area contributed by atoms with Crippen molar-refractivity contribution < 1.29 is 13.9 Å². The third-order valence-electron chi connectivity index (χ3n) is 4.57. The number of aromatic nitrogens is 4. The summed E-state index contributed by atoms with van der Waals surface area (Å²) in [7, 11) is 1.61. The Morgan fingerprint density at radius 2 is 2.13 bits per heavy atom. The Labute approximate surface area is 179 Å². The molecule has 0 radical (unpaired) electrons. The Kier molecular flexibility index (Phi) is 5.93. The van der Waals surface area contributed by atoms with Crippen LogP contribution >= 0.6 is 0 Å². The molecule has 9 nitrogen and oxygen atoms in total. The van der Waals surface area contributed by atoms with Gasteiger partial charge in [-0.3, -0.25) is 9.48 Å². The number of benzene rings is 1. The van der Waals surface area contributed by atoms with Gasteiger partial charge in [-0.15, -0.1) is 0 Å². The Morgan fingerprint density at radius 1 is 1.23 bits per heavy atom. The van der Waals surface area contributed by atoms with E-state index < -0.39 is 0 Å². The molecule has 3 aromatic heterocycles. The number of amides is 1. The number of oxazole rings is 1. The molecular formula is C22H22N6O3. The number of anilines is 2. The van der Waals surface area contributed by atoms with Gasteiger partial charge in [0.25, 0.3) is 5.91 Å². The van der Waals surface area contributed by atoms with Crippen molar-refractivity contribution >= 4 is 17.4 Å². The summed E-state index contributed by atoms with van der Waals surface area (Å²) in [6, 6.07) is 11.3. The molecule has 4 aromatic rings. The number of nitrogens with zero attached hydrogens (tertiary/aromatic N) is 4. The molecule has 0 saturated heterocycles. The highest BCUT2D eigenvalue weighted by Gasteiger charge is 2.19. The van der Waals surface area contributed by atoms with Crippen LogP contribution in [0, 0.1) is 6.92 Å². The van der Waals surface area contributed by atoms with E-state index in [4.69, 9.17) is 9.15 Å². The van der Waals surface area contributed by atoms with Gasteiger partial charge in [-0.2, -0.15) is 5.10 Å². The molecule has 0 saturated carbocycles. The number of carbonyl (C=O) groups is 1. The predicted molar refractivity (Wildman–Crippen MR) is 116 cm³/mol. The lowest BCUT2D eigenvalue weighted by molar-refractivity contribution is 0.102. The summed E-state index contributed by atoms with van der Waals surface area (Å²) in [6.45, 7) is 3.18. The summed E-state index contributed by atoms with van der Waals surface area (Å²) in [5.41, 5.74) is 2.67. The van der Waals surface area contributed by atoms with Crippen molar-refractivity contribution in [2.24, 2.45) is 0 Å². The molecule has 1 amide bonds. The van der Waals surface area contributed by atoms with Gasteiger partial charge < -0.3 is 19.8 Å². The average Bonchev–Trinajstić information content (AvgIpc) is 3.44. The number of aryl methyl sites for hydroxylation is 1. The molecule has 0 spiro atoms. The Bertz CT molecular complexity index is 1180. The second-order valence-electron chi connectivity index (χ2n) is 6.85. The molecular weight excluding hydrogens is 396 g/mol. The van der Waals surface area contributed by atoms with Crippen molar-refractivity contribution in [3.63, 3.8) is 0 Å². The minimum atomic E-state index is -0.358. The van der Waals surface area contributed by atoms with E-state index in [1.54, 1.807) is 36.4 Å². The van der Waals surface area contributed by atoms with E-state index in [9.17, 15) is 4.79 Å². The number of pyridine rings is 1. The molecule has 0 aliphatic carbocycles. The van der Waals surface area contributed by atoms with Crippen molar-refractivity contribution in [3.05, 3.63) is 72.6 Å². The van der Waals surface area contributed by atoms with E-state index in [1.165, 1.54) is 6.39 Å². The van der Waals surface area contributed by atoms with Crippen molar-refractivity contribution in [1.29, 1.82) is 0 Å². The molecule has 0 aliphatic heterocycles. The molecule has 9 heteroatoms. The van der Waals surface area contributed by atoms with Gasteiger partial charge in [0.05, 0.1) is 25.5 Å². The number of hydrogen-bond donors (Lipinski definition) is 2. The van der Waals surface area contributed by atoms with Gasteiger partial charge in [0.1, 0.15) is 11.6 Å². The summed E-state index contributed by atoms with van der Waals surface area (Å²) in [5, 5.41) is 10.3. The first kappa shape index (κ1) is 20.1. The molecule has 2 N–H and O–H groups in total. The van der Waals surface area contributed by atoms with Crippen molar-refractivity contribution in [2.45, 2.75) is 13.5 Å². The number of rotatable bonds is 8. The molecule has 0 unspecified atom stereocenters. The summed E-state index contributed by atoms with van der Waals surface area (Å²) < 4.78 is 12.4. The summed E-state index contributed by atoms with van der Waals surface area (Å²) in [5.74, 6) is 1.53. The number of ether oxygens (including phenoxy) is 1. The van der Waals surface area contributed by atoms with Crippen LogP contribution in [0.2, 0.25) is 0 Å². The van der Waals surface area contributed by atoms with Crippen molar-refractivity contribution in [3.8, 4) is 17.1 Å². The quantitative estimate of drug-likeness (QED) is 0.450. The zero-order valence-corrected chi connectivity index (χ0v) is 17.2. The monoisotopic (exact) mass is 418 g/mol. The molecule has 158 valence electrons. The highest BCUT2D eigenvalue weighted by atomic mass is 16.5. The van der Waals surface area contributed by atoms with E-state index in [-0.39, 0.29) is 11.6 Å². The topological polar surface area (TPSA) is 107 Å². The van der Waals surface area contributed by atoms with Crippen LogP contribution in [-0.2, 0) is 6.54 Å². The van der Waals surface area contributed by atoms with Gasteiger partial charge >= 0.3 is 0 Å². The normalized spacial score (nSPS) is 10.6. The van der Waals surface area contributed by atoms with E-state index in [0.717, 1.165) is 22.7 Å². The first-order valence-electron chi connectivity index (χ1n) is 9.70. The molecule has 0 bridgehead atoms. The fourth-order valence-electron chi connectivity index (χ4n) is 3.07. The standard InChI is InChI=1S/C22H22N6O3/c1-15-4-3-5-16(10-15)21-20(25-14-31-21)22(29)27-17-12-26-28(13-17)9-8-24-19-11-18(30-2)6-7-23-19/h3-7,10-14H,8-9H2,1-2H3,(H,23,24)(H,27,29). The van der Waals surface area contributed by atoms with Crippen LogP contribution < -0.4 is 15.4 Å². The molecule has 1 aromatic carbocycles. The van der Waals surface area contributed by atoms with Crippen LogP contribution in [0.25, 0.3) is 11.3 Å².